The summed E-state index contributed by atoms with van der Waals surface area (Å²) in [7, 11) is 0. The number of nitrogen functional groups attached to an aromatic ring is 1. The van der Waals surface area contributed by atoms with Gasteiger partial charge in [-0.3, -0.25) is 0 Å². The minimum Gasteiger partial charge on any atom is -0.370 e. The van der Waals surface area contributed by atoms with Crippen molar-refractivity contribution in [3.8, 4) is 0 Å². The molecule has 0 aromatic carbocycles. The Kier molecular flexibility index (Phi) is 5.13. The zero-order valence-electron chi connectivity index (χ0n) is 11.8. The van der Waals surface area contributed by atoms with Crippen LogP contribution in [-0.2, 0) is 0 Å². The fraction of sp³-hybridized carbons (Fsp3) is 0.500. The van der Waals surface area contributed by atoms with Gasteiger partial charge in [-0.25, -0.2) is 4.98 Å². The van der Waals surface area contributed by atoms with Gasteiger partial charge in [0.2, 0.25) is 5.95 Å². The first-order valence-electron chi connectivity index (χ1n) is 6.33. The summed E-state index contributed by atoms with van der Waals surface area (Å²) in [4.78, 5) is 8.35. The van der Waals surface area contributed by atoms with E-state index in [1.54, 1.807) is 23.1 Å². The molecule has 2 aromatic heterocycles. The zero-order valence-corrected chi connectivity index (χ0v) is 13.4. The molecule has 0 amide bonds. The number of anilines is 2. The predicted octanol–water partition coefficient (Wildman–Crippen LogP) is 2.43. The summed E-state index contributed by atoms with van der Waals surface area (Å²) in [5.74, 6) is 2.14. The average Bonchev–Trinajstić information content (AvgIpc) is 2.80. The van der Waals surface area contributed by atoms with Gasteiger partial charge in [0.05, 0.1) is 0 Å². The summed E-state index contributed by atoms with van der Waals surface area (Å²) < 4.78 is 1.03. The predicted molar refractivity (Wildman–Crippen MR) is 84.4 cm³/mol. The minimum absolute atomic E-state index is 0.314. The van der Waals surface area contributed by atoms with Crippen molar-refractivity contribution in [1.29, 1.82) is 0 Å². The number of aryl methyl sites for hydroxylation is 2. The Morgan fingerprint density at radius 1 is 1.20 bits per heavy atom. The largest absolute Gasteiger partial charge is 0.370 e. The molecule has 0 saturated heterocycles. The van der Waals surface area contributed by atoms with Gasteiger partial charge in [0.25, 0.3) is 0 Å². The lowest BCUT2D eigenvalue weighted by Gasteiger charge is -2.10. The number of thioether (sulfide) groups is 1. The molecule has 0 aliphatic heterocycles. The van der Waals surface area contributed by atoms with Crippen LogP contribution in [0, 0.1) is 20.8 Å². The van der Waals surface area contributed by atoms with Crippen molar-refractivity contribution >= 4 is 34.9 Å². The van der Waals surface area contributed by atoms with Crippen molar-refractivity contribution in [2.45, 2.75) is 31.5 Å². The molecule has 0 atom stereocenters. The number of hydrogen-bond acceptors (Lipinski definition) is 8. The van der Waals surface area contributed by atoms with Gasteiger partial charge in [-0.15, -0.1) is 10.2 Å². The van der Waals surface area contributed by atoms with E-state index in [9.17, 15) is 0 Å². The van der Waals surface area contributed by atoms with Gasteiger partial charge in [-0.05, 0) is 27.2 Å². The van der Waals surface area contributed by atoms with Crippen molar-refractivity contribution in [1.82, 2.24) is 20.2 Å². The highest BCUT2D eigenvalue weighted by atomic mass is 32.2. The van der Waals surface area contributed by atoms with Gasteiger partial charge in [0, 0.05) is 23.6 Å². The molecule has 2 heterocycles. The normalized spacial score (nSPS) is 10.8. The molecule has 2 rings (SSSR count). The molecule has 108 valence electrons. The Morgan fingerprint density at radius 3 is 2.70 bits per heavy atom. The molecular formula is C12H18N6S2. The fourth-order valence-corrected chi connectivity index (χ4v) is 3.42. The monoisotopic (exact) mass is 310 g/mol. The first kappa shape index (κ1) is 15.0. The molecule has 0 saturated carbocycles. The third-order valence-corrected chi connectivity index (χ3v) is 4.81. The number of nitrogens with zero attached hydrogens (tertiary/aromatic N) is 4. The number of nitrogens with two attached hydrogens (primary N) is 1. The Hall–Kier alpha value is -1.41. The number of hydrogen-bond donors (Lipinski definition) is 2. The van der Waals surface area contributed by atoms with E-state index < -0.39 is 0 Å². The molecule has 0 aliphatic carbocycles. The van der Waals surface area contributed by atoms with Gasteiger partial charge >= 0.3 is 0 Å². The molecule has 0 unspecified atom stereocenters. The third kappa shape index (κ3) is 4.04. The maximum Gasteiger partial charge on any atom is 0.222 e. The van der Waals surface area contributed by atoms with Crippen LogP contribution in [-0.4, -0.2) is 32.5 Å². The van der Waals surface area contributed by atoms with Crippen LogP contribution >= 0.6 is 23.1 Å². The molecular weight excluding hydrogens is 292 g/mol. The molecule has 6 nitrogen and oxygen atoms in total. The summed E-state index contributed by atoms with van der Waals surface area (Å²) in [6.45, 7) is 6.75. The summed E-state index contributed by atoms with van der Waals surface area (Å²) in [5, 5.41) is 12.4. The zero-order chi connectivity index (χ0) is 14.5. The van der Waals surface area contributed by atoms with Gasteiger partial charge in [0.15, 0.2) is 4.34 Å². The SMILES string of the molecule is Cc1nnc(SCCCNc2nc(N)nc(C)c2C)s1. The Morgan fingerprint density at radius 2 is 2.00 bits per heavy atom. The summed E-state index contributed by atoms with van der Waals surface area (Å²) in [6, 6.07) is 0. The highest BCUT2D eigenvalue weighted by Crippen LogP contribution is 2.22. The second-order valence-corrected chi connectivity index (χ2v) is 6.88. The van der Waals surface area contributed by atoms with E-state index in [1.165, 1.54) is 0 Å². The van der Waals surface area contributed by atoms with Gasteiger partial charge in [0.1, 0.15) is 10.8 Å². The molecule has 0 bridgehead atoms. The minimum atomic E-state index is 0.314. The quantitative estimate of drug-likeness (QED) is 0.625. The number of rotatable bonds is 6. The van der Waals surface area contributed by atoms with Gasteiger partial charge < -0.3 is 11.1 Å². The Balaban J connectivity index is 1.76. The maximum absolute atomic E-state index is 5.66. The molecule has 20 heavy (non-hydrogen) atoms. The maximum atomic E-state index is 5.66. The van der Waals surface area contributed by atoms with Crippen molar-refractivity contribution in [3.63, 3.8) is 0 Å². The molecule has 0 radical (unpaired) electrons. The lowest BCUT2D eigenvalue weighted by molar-refractivity contribution is 0.955. The van der Waals surface area contributed by atoms with E-state index in [-0.39, 0.29) is 0 Å². The molecule has 3 N–H and O–H groups in total. The highest BCUT2D eigenvalue weighted by molar-refractivity contribution is 8.01. The Labute approximate surface area is 126 Å². The van der Waals surface area contributed by atoms with E-state index in [2.05, 4.69) is 25.5 Å². The van der Waals surface area contributed by atoms with Crippen LogP contribution in [0.3, 0.4) is 0 Å². The summed E-state index contributed by atoms with van der Waals surface area (Å²) in [6.07, 6.45) is 1.02. The smallest absolute Gasteiger partial charge is 0.222 e. The van der Waals surface area contributed by atoms with E-state index >= 15 is 0 Å². The molecule has 2 aromatic rings. The van der Waals surface area contributed by atoms with Crippen molar-refractivity contribution < 1.29 is 0 Å². The highest BCUT2D eigenvalue weighted by Gasteiger charge is 2.06. The first-order chi connectivity index (χ1) is 9.56. The molecule has 8 heteroatoms. The van der Waals surface area contributed by atoms with E-state index in [4.69, 9.17) is 5.73 Å². The fourth-order valence-electron chi connectivity index (χ4n) is 1.60. The second kappa shape index (κ2) is 6.85. The van der Waals surface area contributed by atoms with Gasteiger partial charge in [-0.2, -0.15) is 4.98 Å². The van der Waals surface area contributed by atoms with Crippen LogP contribution in [0.5, 0.6) is 0 Å². The van der Waals surface area contributed by atoms with Crippen LogP contribution in [0.4, 0.5) is 11.8 Å². The summed E-state index contributed by atoms with van der Waals surface area (Å²) in [5.41, 5.74) is 7.62. The average molecular weight is 310 g/mol. The van der Waals surface area contributed by atoms with Crippen molar-refractivity contribution in [2.24, 2.45) is 0 Å². The van der Waals surface area contributed by atoms with Crippen LogP contribution in [0.2, 0.25) is 0 Å². The van der Waals surface area contributed by atoms with Crippen molar-refractivity contribution in [3.05, 3.63) is 16.3 Å². The van der Waals surface area contributed by atoms with Crippen LogP contribution < -0.4 is 11.1 Å². The standard InChI is InChI=1S/C12H18N6S2/c1-7-8(2)15-11(13)16-10(7)14-5-4-6-19-12-18-17-9(3)20-12/h4-6H2,1-3H3,(H3,13,14,15,16). The third-order valence-electron chi connectivity index (χ3n) is 2.75. The molecule has 0 spiro atoms. The molecule has 0 fully saturated rings. The van der Waals surface area contributed by atoms with E-state index in [0.29, 0.717) is 5.95 Å². The summed E-state index contributed by atoms with van der Waals surface area (Å²) >= 11 is 3.37. The first-order valence-corrected chi connectivity index (χ1v) is 8.14. The van der Waals surface area contributed by atoms with E-state index in [1.807, 2.05) is 20.8 Å². The second-order valence-electron chi connectivity index (χ2n) is 4.36. The molecule has 0 aliphatic rings. The van der Waals surface area contributed by atoms with Crippen LogP contribution in [0.15, 0.2) is 4.34 Å². The lowest BCUT2D eigenvalue weighted by atomic mass is 10.2. The van der Waals surface area contributed by atoms with Crippen LogP contribution in [0.25, 0.3) is 0 Å². The lowest BCUT2D eigenvalue weighted by Crippen LogP contribution is -2.09. The van der Waals surface area contributed by atoms with Gasteiger partial charge in [-0.1, -0.05) is 23.1 Å². The van der Waals surface area contributed by atoms with E-state index in [0.717, 1.165) is 45.1 Å². The Bertz CT molecular complexity index is 583. The van der Waals surface area contributed by atoms with Crippen molar-refractivity contribution in [2.75, 3.05) is 23.3 Å². The van der Waals surface area contributed by atoms with Crippen LogP contribution in [0.1, 0.15) is 22.7 Å². The topological polar surface area (TPSA) is 89.6 Å². The number of aromatic nitrogens is 4. The number of nitrogens with one attached hydrogen (secondary N) is 1.